The highest BCUT2D eigenvalue weighted by Crippen LogP contribution is 2.41. The van der Waals surface area contributed by atoms with Crippen molar-refractivity contribution in [2.75, 3.05) is 13.1 Å². The van der Waals surface area contributed by atoms with Gasteiger partial charge in [-0.3, -0.25) is 9.48 Å². The highest BCUT2D eigenvalue weighted by Gasteiger charge is 2.43. The summed E-state index contributed by atoms with van der Waals surface area (Å²) < 4.78 is 3.76. The number of carbonyl (C=O) groups is 1. The van der Waals surface area contributed by atoms with Gasteiger partial charge in [-0.15, -0.1) is 0 Å². The molecule has 1 saturated carbocycles. The molecule has 25 heavy (non-hydrogen) atoms. The molecule has 0 bridgehead atoms. The van der Waals surface area contributed by atoms with E-state index >= 15 is 0 Å². The van der Waals surface area contributed by atoms with Gasteiger partial charge >= 0.3 is 0 Å². The SMILES string of the molecule is Cc1nn(C)cc1CC(=O)N1C[C@H]2C[C@@H](n3ccnc3)[C@H](O)C[C@H]2C1. The second-order valence-electron chi connectivity index (χ2n) is 7.53. The lowest BCUT2D eigenvalue weighted by Gasteiger charge is -2.35. The number of nitrogens with zero attached hydrogens (tertiary/aromatic N) is 5. The summed E-state index contributed by atoms with van der Waals surface area (Å²) in [5.74, 6) is 1.02. The van der Waals surface area contributed by atoms with Gasteiger partial charge < -0.3 is 14.6 Å². The lowest BCUT2D eigenvalue weighted by molar-refractivity contribution is -0.129. The minimum Gasteiger partial charge on any atom is -0.391 e. The molecule has 0 aromatic carbocycles. The predicted molar refractivity (Wildman–Crippen MR) is 91.7 cm³/mol. The van der Waals surface area contributed by atoms with E-state index in [0.717, 1.165) is 37.2 Å². The molecule has 7 nitrogen and oxygen atoms in total. The summed E-state index contributed by atoms with van der Waals surface area (Å²) >= 11 is 0. The Kier molecular flexibility index (Phi) is 4.11. The third kappa shape index (κ3) is 3.08. The average Bonchev–Trinajstić information content (AvgIpc) is 3.27. The topological polar surface area (TPSA) is 76.2 Å². The molecule has 1 saturated heterocycles. The number of hydrogen-bond acceptors (Lipinski definition) is 4. The lowest BCUT2D eigenvalue weighted by atomic mass is 9.77. The van der Waals surface area contributed by atoms with Crippen LogP contribution in [0.25, 0.3) is 0 Å². The van der Waals surface area contributed by atoms with E-state index in [-0.39, 0.29) is 18.1 Å². The van der Waals surface area contributed by atoms with Gasteiger partial charge in [-0.2, -0.15) is 5.10 Å². The molecule has 2 aromatic rings. The fraction of sp³-hybridized carbons (Fsp3) is 0.611. The van der Waals surface area contributed by atoms with Crippen LogP contribution in [0.4, 0.5) is 0 Å². The number of likely N-dealkylation sites (tertiary alicyclic amines) is 1. The quantitative estimate of drug-likeness (QED) is 0.900. The Balaban J connectivity index is 1.42. The molecule has 2 aromatic heterocycles. The van der Waals surface area contributed by atoms with E-state index in [2.05, 4.69) is 10.1 Å². The molecule has 1 amide bonds. The number of rotatable bonds is 3. The van der Waals surface area contributed by atoms with Crippen molar-refractivity contribution in [1.82, 2.24) is 24.2 Å². The van der Waals surface area contributed by atoms with E-state index in [9.17, 15) is 9.90 Å². The molecule has 0 spiro atoms. The number of amides is 1. The minimum absolute atomic E-state index is 0.0689. The Hall–Kier alpha value is -2.15. The van der Waals surface area contributed by atoms with Crippen LogP contribution in [0.3, 0.4) is 0 Å². The Bertz CT molecular complexity index is 754. The number of imidazole rings is 1. The maximum atomic E-state index is 12.7. The lowest BCUT2D eigenvalue weighted by Crippen LogP contribution is -2.35. The number of aliphatic hydroxyl groups is 1. The van der Waals surface area contributed by atoms with Crippen molar-refractivity contribution in [3.63, 3.8) is 0 Å². The van der Waals surface area contributed by atoms with Gasteiger partial charge in [0.05, 0.1) is 30.6 Å². The van der Waals surface area contributed by atoms with Crippen molar-refractivity contribution >= 4 is 5.91 Å². The summed E-state index contributed by atoms with van der Waals surface area (Å²) in [5.41, 5.74) is 1.92. The molecule has 0 unspecified atom stereocenters. The van der Waals surface area contributed by atoms with Gasteiger partial charge in [0, 0.05) is 44.3 Å². The van der Waals surface area contributed by atoms with Crippen LogP contribution in [0, 0.1) is 18.8 Å². The average molecular weight is 343 g/mol. The summed E-state index contributed by atoms with van der Waals surface area (Å²) in [6.45, 7) is 3.50. The van der Waals surface area contributed by atoms with E-state index in [1.54, 1.807) is 17.2 Å². The van der Waals surface area contributed by atoms with Crippen molar-refractivity contribution < 1.29 is 9.90 Å². The van der Waals surface area contributed by atoms with E-state index in [0.29, 0.717) is 18.3 Å². The minimum atomic E-state index is -0.369. The van der Waals surface area contributed by atoms with Crippen LogP contribution in [-0.4, -0.2) is 54.4 Å². The van der Waals surface area contributed by atoms with Crippen LogP contribution < -0.4 is 0 Å². The molecule has 3 heterocycles. The normalized spacial score (nSPS) is 29.0. The summed E-state index contributed by atoms with van der Waals surface area (Å²) in [6, 6.07) is 0.0689. The molecule has 1 aliphatic heterocycles. The van der Waals surface area contributed by atoms with Crippen molar-refractivity contribution in [1.29, 1.82) is 0 Å². The molecule has 2 fully saturated rings. The molecule has 1 aliphatic carbocycles. The van der Waals surface area contributed by atoms with E-state index < -0.39 is 0 Å². The van der Waals surface area contributed by atoms with Crippen LogP contribution >= 0.6 is 0 Å². The largest absolute Gasteiger partial charge is 0.391 e. The monoisotopic (exact) mass is 343 g/mol. The Morgan fingerprint density at radius 1 is 1.32 bits per heavy atom. The zero-order valence-electron chi connectivity index (χ0n) is 14.7. The zero-order valence-corrected chi connectivity index (χ0v) is 14.7. The van der Waals surface area contributed by atoms with Crippen molar-refractivity contribution in [2.24, 2.45) is 18.9 Å². The van der Waals surface area contributed by atoms with Gasteiger partial charge in [-0.25, -0.2) is 4.98 Å². The fourth-order valence-corrected chi connectivity index (χ4v) is 4.49. The highest BCUT2D eigenvalue weighted by molar-refractivity contribution is 5.79. The van der Waals surface area contributed by atoms with E-state index in [1.165, 1.54) is 0 Å². The number of fused-ring (bicyclic) bond motifs is 1. The maximum Gasteiger partial charge on any atom is 0.227 e. The molecular formula is C18H25N5O2. The van der Waals surface area contributed by atoms with Gasteiger partial charge in [-0.05, 0) is 31.6 Å². The second-order valence-corrected chi connectivity index (χ2v) is 7.53. The molecule has 134 valence electrons. The van der Waals surface area contributed by atoms with Crippen LogP contribution in [0.1, 0.15) is 30.1 Å². The van der Waals surface area contributed by atoms with E-state index in [1.807, 2.05) is 35.8 Å². The van der Waals surface area contributed by atoms with Gasteiger partial charge in [0.25, 0.3) is 0 Å². The number of aromatic nitrogens is 4. The van der Waals surface area contributed by atoms with Gasteiger partial charge in [-0.1, -0.05) is 0 Å². The number of hydrogen-bond donors (Lipinski definition) is 1. The maximum absolute atomic E-state index is 12.7. The van der Waals surface area contributed by atoms with Crippen molar-refractivity contribution in [2.45, 2.75) is 38.3 Å². The zero-order chi connectivity index (χ0) is 17.6. The van der Waals surface area contributed by atoms with E-state index in [4.69, 9.17) is 0 Å². The van der Waals surface area contributed by atoms with Gasteiger partial charge in [0.2, 0.25) is 5.91 Å². The number of aliphatic hydroxyl groups excluding tert-OH is 1. The number of aryl methyl sites for hydroxylation is 2. The Morgan fingerprint density at radius 3 is 2.72 bits per heavy atom. The summed E-state index contributed by atoms with van der Waals surface area (Å²) in [7, 11) is 1.88. The molecule has 7 heteroatoms. The van der Waals surface area contributed by atoms with Gasteiger partial charge in [0.15, 0.2) is 0 Å². The first kappa shape index (κ1) is 16.3. The molecule has 1 N–H and O–H groups in total. The summed E-state index contributed by atoms with van der Waals surface area (Å²) in [5, 5.41) is 14.8. The Morgan fingerprint density at radius 2 is 2.08 bits per heavy atom. The molecule has 4 rings (SSSR count). The number of carbonyl (C=O) groups excluding carboxylic acids is 1. The standard InChI is InChI=1S/C18H25N5O2/c1-12-13(8-21(2)20-12)7-18(25)23-9-14-5-16(22-4-3-19-11-22)17(24)6-15(14)10-23/h3-4,8,11,14-17,24H,5-7,9-10H2,1-2H3/t14-,15+,16-,17-/m1/s1. The van der Waals surface area contributed by atoms with Crippen molar-refractivity contribution in [3.05, 3.63) is 36.2 Å². The fourth-order valence-electron chi connectivity index (χ4n) is 4.49. The first-order valence-corrected chi connectivity index (χ1v) is 8.93. The van der Waals surface area contributed by atoms with Gasteiger partial charge in [0.1, 0.15) is 0 Å². The summed E-state index contributed by atoms with van der Waals surface area (Å²) in [6.07, 6.45) is 9.06. The molecule has 0 radical (unpaired) electrons. The smallest absolute Gasteiger partial charge is 0.227 e. The predicted octanol–water partition coefficient (Wildman–Crippen LogP) is 0.938. The van der Waals surface area contributed by atoms with Crippen LogP contribution in [0.5, 0.6) is 0 Å². The van der Waals surface area contributed by atoms with Crippen LogP contribution in [0.2, 0.25) is 0 Å². The van der Waals surface area contributed by atoms with Crippen LogP contribution in [-0.2, 0) is 18.3 Å². The molecular weight excluding hydrogens is 318 g/mol. The molecule has 4 atom stereocenters. The second kappa shape index (κ2) is 6.29. The highest BCUT2D eigenvalue weighted by atomic mass is 16.3. The van der Waals surface area contributed by atoms with Crippen molar-refractivity contribution in [3.8, 4) is 0 Å². The first-order valence-electron chi connectivity index (χ1n) is 8.93. The third-order valence-electron chi connectivity index (χ3n) is 5.83. The molecule has 2 aliphatic rings. The third-order valence-corrected chi connectivity index (χ3v) is 5.83. The first-order chi connectivity index (χ1) is 12.0. The summed E-state index contributed by atoms with van der Waals surface area (Å²) in [4.78, 5) is 18.8. The van der Waals surface area contributed by atoms with Crippen LogP contribution in [0.15, 0.2) is 24.9 Å². The Labute approximate surface area is 147 Å².